The van der Waals surface area contributed by atoms with E-state index in [0.29, 0.717) is 0 Å². The number of rotatable bonds is 4. The standard InChI is InChI=1S/C18H16ClN3/c1-2-4-13-5-3-12-22-16(13)20-21-17(22)18(10-11-18)14-6-8-15(19)9-7-14/h2-3,5-9,12H,1,4,10-11H2. The second-order valence-corrected chi connectivity index (χ2v) is 6.27. The zero-order valence-electron chi connectivity index (χ0n) is 12.2. The first-order chi connectivity index (χ1) is 10.7. The molecule has 0 spiro atoms. The van der Waals surface area contributed by atoms with Gasteiger partial charge >= 0.3 is 0 Å². The van der Waals surface area contributed by atoms with E-state index in [9.17, 15) is 0 Å². The van der Waals surface area contributed by atoms with Gasteiger partial charge in [0.05, 0.1) is 5.41 Å². The Labute approximate surface area is 134 Å². The molecule has 0 N–H and O–H groups in total. The van der Waals surface area contributed by atoms with Crippen molar-refractivity contribution in [1.29, 1.82) is 0 Å². The number of nitrogens with zero attached hydrogens (tertiary/aromatic N) is 3. The van der Waals surface area contributed by atoms with Crippen LogP contribution >= 0.6 is 11.6 Å². The summed E-state index contributed by atoms with van der Waals surface area (Å²) in [5.41, 5.74) is 3.33. The molecule has 0 atom stereocenters. The third-order valence-electron chi connectivity index (χ3n) is 4.45. The van der Waals surface area contributed by atoms with Crippen molar-refractivity contribution in [2.75, 3.05) is 0 Å². The summed E-state index contributed by atoms with van der Waals surface area (Å²) in [6.07, 6.45) is 6.95. The Balaban J connectivity index is 1.86. The van der Waals surface area contributed by atoms with Crippen molar-refractivity contribution in [2.45, 2.75) is 24.7 Å². The lowest BCUT2D eigenvalue weighted by molar-refractivity contribution is 0.740. The van der Waals surface area contributed by atoms with Gasteiger partial charge in [-0.2, -0.15) is 0 Å². The Morgan fingerprint density at radius 3 is 2.64 bits per heavy atom. The van der Waals surface area contributed by atoms with E-state index in [-0.39, 0.29) is 5.41 Å². The molecule has 1 fully saturated rings. The van der Waals surface area contributed by atoms with Crippen molar-refractivity contribution in [3.05, 3.63) is 77.2 Å². The van der Waals surface area contributed by atoms with Gasteiger partial charge in [-0.3, -0.25) is 4.40 Å². The number of aromatic nitrogens is 3. The first-order valence-electron chi connectivity index (χ1n) is 7.45. The quantitative estimate of drug-likeness (QED) is 0.676. The van der Waals surface area contributed by atoms with Crippen molar-refractivity contribution >= 4 is 17.2 Å². The number of hydrogen-bond acceptors (Lipinski definition) is 2. The monoisotopic (exact) mass is 309 g/mol. The normalized spacial score (nSPS) is 15.9. The molecule has 22 heavy (non-hydrogen) atoms. The molecule has 1 aliphatic rings. The van der Waals surface area contributed by atoms with Crippen LogP contribution in [0.2, 0.25) is 5.02 Å². The van der Waals surface area contributed by atoms with Crippen LogP contribution in [-0.2, 0) is 11.8 Å². The smallest absolute Gasteiger partial charge is 0.164 e. The van der Waals surface area contributed by atoms with E-state index < -0.39 is 0 Å². The molecule has 4 rings (SSSR count). The SMILES string of the molecule is C=CCc1cccn2c(C3(c4ccc(Cl)cc4)CC3)nnc12. The third kappa shape index (κ3) is 1.97. The first kappa shape index (κ1) is 13.5. The van der Waals surface area contributed by atoms with Gasteiger partial charge in [0.25, 0.3) is 0 Å². The lowest BCUT2D eigenvalue weighted by Crippen LogP contribution is -2.13. The molecule has 1 aromatic carbocycles. The molecule has 0 aliphatic heterocycles. The Hall–Kier alpha value is -2.13. The zero-order valence-corrected chi connectivity index (χ0v) is 12.9. The molecule has 0 saturated heterocycles. The highest BCUT2D eigenvalue weighted by Gasteiger charge is 2.49. The fourth-order valence-corrected chi connectivity index (χ4v) is 3.27. The van der Waals surface area contributed by atoms with Gasteiger partial charge in [-0.05, 0) is 43.0 Å². The number of halogens is 1. The van der Waals surface area contributed by atoms with E-state index >= 15 is 0 Å². The number of allylic oxidation sites excluding steroid dienone is 1. The van der Waals surface area contributed by atoms with E-state index in [2.05, 4.69) is 45.4 Å². The highest BCUT2D eigenvalue weighted by Crippen LogP contribution is 2.52. The van der Waals surface area contributed by atoms with Crippen LogP contribution in [0.4, 0.5) is 0 Å². The molecule has 4 heteroatoms. The Morgan fingerprint density at radius 2 is 1.95 bits per heavy atom. The summed E-state index contributed by atoms with van der Waals surface area (Å²) >= 11 is 6.02. The van der Waals surface area contributed by atoms with Crippen molar-refractivity contribution in [3.63, 3.8) is 0 Å². The first-order valence-corrected chi connectivity index (χ1v) is 7.82. The van der Waals surface area contributed by atoms with Gasteiger partial charge in [0.15, 0.2) is 5.65 Å². The lowest BCUT2D eigenvalue weighted by atomic mass is 9.95. The maximum Gasteiger partial charge on any atom is 0.164 e. The Morgan fingerprint density at radius 1 is 1.18 bits per heavy atom. The zero-order chi connectivity index (χ0) is 15.2. The topological polar surface area (TPSA) is 30.2 Å². The molecule has 0 amide bonds. The van der Waals surface area contributed by atoms with Crippen LogP contribution in [0.25, 0.3) is 5.65 Å². The minimum atomic E-state index is -0.0171. The molecule has 0 radical (unpaired) electrons. The molecule has 110 valence electrons. The fraction of sp³-hybridized carbons (Fsp3) is 0.222. The minimum absolute atomic E-state index is 0.0171. The van der Waals surface area contributed by atoms with E-state index in [0.717, 1.165) is 41.3 Å². The molecule has 2 aromatic heterocycles. The van der Waals surface area contributed by atoms with Crippen LogP contribution in [0, 0.1) is 0 Å². The van der Waals surface area contributed by atoms with E-state index in [1.54, 1.807) is 0 Å². The van der Waals surface area contributed by atoms with Gasteiger partial charge in [-0.1, -0.05) is 35.9 Å². The molecule has 3 nitrogen and oxygen atoms in total. The molecule has 0 bridgehead atoms. The number of benzene rings is 1. The molecule has 2 heterocycles. The van der Waals surface area contributed by atoms with Gasteiger partial charge in [0.1, 0.15) is 5.82 Å². The van der Waals surface area contributed by atoms with Crippen LogP contribution in [-0.4, -0.2) is 14.6 Å². The molecule has 1 aliphatic carbocycles. The summed E-state index contributed by atoms with van der Waals surface area (Å²) in [6.45, 7) is 3.82. The average molecular weight is 310 g/mol. The highest BCUT2D eigenvalue weighted by atomic mass is 35.5. The maximum absolute atomic E-state index is 6.02. The largest absolute Gasteiger partial charge is 0.285 e. The lowest BCUT2D eigenvalue weighted by Gasteiger charge is -2.14. The Kier molecular flexibility index (Phi) is 3.05. The van der Waals surface area contributed by atoms with Crippen molar-refractivity contribution in [1.82, 2.24) is 14.6 Å². The summed E-state index contributed by atoms with van der Waals surface area (Å²) < 4.78 is 2.13. The number of pyridine rings is 1. The van der Waals surface area contributed by atoms with E-state index in [1.165, 1.54) is 5.56 Å². The van der Waals surface area contributed by atoms with Crippen molar-refractivity contribution < 1.29 is 0 Å². The van der Waals surface area contributed by atoms with Crippen LogP contribution < -0.4 is 0 Å². The Bertz CT molecular complexity index is 844. The predicted octanol–water partition coefficient (Wildman–Crippen LogP) is 4.19. The molecular weight excluding hydrogens is 294 g/mol. The molecule has 1 saturated carbocycles. The van der Waals surface area contributed by atoms with Crippen LogP contribution in [0.1, 0.15) is 29.8 Å². The van der Waals surface area contributed by atoms with Crippen LogP contribution in [0.5, 0.6) is 0 Å². The number of fused-ring (bicyclic) bond motifs is 1. The molecular formula is C18H16ClN3. The summed E-state index contributed by atoms with van der Waals surface area (Å²) in [4.78, 5) is 0. The third-order valence-corrected chi connectivity index (χ3v) is 4.71. The second-order valence-electron chi connectivity index (χ2n) is 5.83. The summed E-state index contributed by atoms with van der Waals surface area (Å²) in [5.74, 6) is 1.02. The highest BCUT2D eigenvalue weighted by molar-refractivity contribution is 6.30. The van der Waals surface area contributed by atoms with Gasteiger partial charge in [0.2, 0.25) is 0 Å². The molecule has 3 aromatic rings. The van der Waals surface area contributed by atoms with Gasteiger partial charge in [-0.15, -0.1) is 16.8 Å². The number of hydrogen-bond donors (Lipinski definition) is 0. The molecule has 0 unspecified atom stereocenters. The summed E-state index contributed by atoms with van der Waals surface area (Å²) in [6, 6.07) is 12.2. The second kappa shape index (κ2) is 4.96. The van der Waals surface area contributed by atoms with E-state index in [4.69, 9.17) is 11.6 Å². The maximum atomic E-state index is 6.02. The van der Waals surface area contributed by atoms with Crippen LogP contribution in [0.15, 0.2) is 55.3 Å². The summed E-state index contributed by atoms with van der Waals surface area (Å²) in [7, 11) is 0. The van der Waals surface area contributed by atoms with Crippen LogP contribution in [0.3, 0.4) is 0 Å². The van der Waals surface area contributed by atoms with Crippen molar-refractivity contribution in [2.24, 2.45) is 0 Å². The minimum Gasteiger partial charge on any atom is -0.285 e. The van der Waals surface area contributed by atoms with Crippen molar-refractivity contribution in [3.8, 4) is 0 Å². The summed E-state index contributed by atoms with van der Waals surface area (Å²) in [5, 5.41) is 9.71. The van der Waals surface area contributed by atoms with Gasteiger partial charge in [-0.25, -0.2) is 0 Å². The fourth-order valence-electron chi connectivity index (χ4n) is 3.15. The average Bonchev–Trinajstić information content (AvgIpc) is 3.21. The van der Waals surface area contributed by atoms with Gasteiger partial charge in [0, 0.05) is 16.8 Å². The predicted molar refractivity (Wildman–Crippen MR) is 88.4 cm³/mol. The van der Waals surface area contributed by atoms with E-state index in [1.807, 2.05) is 24.4 Å². The van der Waals surface area contributed by atoms with Gasteiger partial charge < -0.3 is 0 Å².